The zero-order chi connectivity index (χ0) is 21.4. The molecule has 1 N–H and O–H groups in total. The fourth-order valence-electron chi connectivity index (χ4n) is 3.02. The smallest absolute Gasteiger partial charge is 0.222 e. The maximum absolute atomic E-state index is 12.1. The molecule has 0 unspecified atom stereocenters. The third-order valence-corrected chi connectivity index (χ3v) is 4.69. The van der Waals surface area contributed by atoms with E-state index in [1.54, 1.807) is 4.90 Å². The molecule has 0 radical (unpaired) electrons. The van der Waals surface area contributed by atoms with Gasteiger partial charge in [0.25, 0.3) is 0 Å². The molecule has 0 aromatic heterocycles. The molecule has 3 nitrogen and oxygen atoms in total. The molecule has 0 bridgehead atoms. The summed E-state index contributed by atoms with van der Waals surface area (Å²) in [5.41, 5.74) is 0. The van der Waals surface area contributed by atoms with Crippen LogP contribution in [0.15, 0.2) is 48.6 Å². The fourth-order valence-corrected chi connectivity index (χ4v) is 3.02. The van der Waals surface area contributed by atoms with Gasteiger partial charge in [0.2, 0.25) is 5.91 Å². The Balaban J connectivity index is 3.63. The van der Waals surface area contributed by atoms with E-state index in [1.165, 1.54) is 32.1 Å². The number of aliphatic hydroxyl groups excluding tert-OH is 1. The first-order chi connectivity index (χ1) is 14.3. The number of unbranched alkanes of at least 4 members (excludes halogenated alkanes) is 5. The Morgan fingerprint density at radius 1 is 0.690 bits per heavy atom. The minimum Gasteiger partial charge on any atom is -0.395 e. The second-order valence-electron chi connectivity index (χ2n) is 7.44. The van der Waals surface area contributed by atoms with Crippen LogP contribution < -0.4 is 0 Å². The normalized spacial score (nSPS) is 12.2. The van der Waals surface area contributed by atoms with Crippen LogP contribution in [-0.4, -0.2) is 35.6 Å². The molecule has 3 heteroatoms. The summed E-state index contributed by atoms with van der Waals surface area (Å²) in [6.45, 7) is 5.54. The molecule has 0 rings (SSSR count). The van der Waals surface area contributed by atoms with E-state index in [0.717, 1.165) is 45.1 Å². The summed E-state index contributed by atoms with van der Waals surface area (Å²) in [5, 5.41) is 9.02. The average Bonchev–Trinajstić information content (AvgIpc) is 2.72. The van der Waals surface area contributed by atoms with Gasteiger partial charge < -0.3 is 10.0 Å². The first-order valence-electron chi connectivity index (χ1n) is 11.7. The van der Waals surface area contributed by atoms with Gasteiger partial charge in [-0.15, -0.1) is 0 Å². The lowest BCUT2D eigenvalue weighted by molar-refractivity contribution is -0.131. The summed E-state index contributed by atoms with van der Waals surface area (Å²) in [4.78, 5) is 13.8. The molecule has 0 saturated carbocycles. The summed E-state index contributed by atoms with van der Waals surface area (Å²) in [7, 11) is 0. The van der Waals surface area contributed by atoms with Crippen molar-refractivity contribution >= 4 is 5.91 Å². The van der Waals surface area contributed by atoms with E-state index < -0.39 is 0 Å². The highest BCUT2D eigenvalue weighted by molar-refractivity contribution is 5.76. The van der Waals surface area contributed by atoms with Crippen LogP contribution in [0, 0.1) is 0 Å². The second kappa shape index (κ2) is 22.7. The largest absolute Gasteiger partial charge is 0.395 e. The van der Waals surface area contributed by atoms with E-state index in [4.69, 9.17) is 5.11 Å². The first-order valence-corrected chi connectivity index (χ1v) is 11.7. The van der Waals surface area contributed by atoms with Crippen LogP contribution in [-0.2, 0) is 4.79 Å². The van der Waals surface area contributed by atoms with Gasteiger partial charge in [0.1, 0.15) is 0 Å². The fraction of sp³-hybridized carbons (Fsp3) is 0.654. The summed E-state index contributed by atoms with van der Waals surface area (Å²) >= 11 is 0. The zero-order valence-corrected chi connectivity index (χ0v) is 19.0. The Hall–Kier alpha value is -1.61. The third kappa shape index (κ3) is 19.5. The predicted molar refractivity (Wildman–Crippen MR) is 127 cm³/mol. The van der Waals surface area contributed by atoms with E-state index in [1.807, 2.05) is 0 Å². The maximum atomic E-state index is 12.1. The first kappa shape index (κ1) is 27.4. The molecule has 0 aliphatic heterocycles. The van der Waals surface area contributed by atoms with Gasteiger partial charge in [0.15, 0.2) is 0 Å². The van der Waals surface area contributed by atoms with E-state index in [0.29, 0.717) is 13.0 Å². The molecule has 29 heavy (non-hydrogen) atoms. The molecular weight excluding hydrogens is 358 g/mol. The van der Waals surface area contributed by atoms with Crippen molar-refractivity contribution < 1.29 is 9.90 Å². The van der Waals surface area contributed by atoms with Crippen LogP contribution in [0.1, 0.15) is 90.9 Å². The summed E-state index contributed by atoms with van der Waals surface area (Å²) in [5.74, 6) is 0.160. The van der Waals surface area contributed by atoms with Crippen LogP contribution in [0.5, 0.6) is 0 Å². The lowest BCUT2D eigenvalue weighted by Crippen LogP contribution is -2.33. The number of carbonyl (C=O) groups excluding carboxylic acids is 1. The highest BCUT2D eigenvalue weighted by Gasteiger charge is 2.10. The Morgan fingerprint density at radius 2 is 1.24 bits per heavy atom. The Labute approximate surface area is 180 Å². The van der Waals surface area contributed by atoms with Crippen molar-refractivity contribution in [2.45, 2.75) is 90.9 Å². The van der Waals surface area contributed by atoms with Crippen LogP contribution in [0.2, 0.25) is 0 Å². The molecule has 0 aliphatic rings. The molecule has 166 valence electrons. The van der Waals surface area contributed by atoms with Gasteiger partial charge in [-0.25, -0.2) is 0 Å². The number of aliphatic hydroxyl groups is 1. The monoisotopic (exact) mass is 403 g/mol. The van der Waals surface area contributed by atoms with Crippen LogP contribution >= 0.6 is 0 Å². The molecule has 0 heterocycles. The van der Waals surface area contributed by atoms with Gasteiger partial charge in [-0.1, -0.05) is 81.7 Å². The standard InChI is InChI=1S/C26H45NO2/c1-3-5-6-7-8-9-10-11-12-13-14-15-16-17-18-19-20-21-22-26(29)27(23-4-2)24-25-28/h9-10,12-13,15-16,18-19,28H,3-8,11,14,17,20-25H2,1-2H3/b10-9+,13-12-,16-15-,19-18-. The third-order valence-electron chi connectivity index (χ3n) is 4.69. The van der Waals surface area contributed by atoms with Crippen molar-refractivity contribution in [2.75, 3.05) is 19.7 Å². The van der Waals surface area contributed by atoms with E-state index in [2.05, 4.69) is 62.5 Å². The van der Waals surface area contributed by atoms with Crippen molar-refractivity contribution in [1.82, 2.24) is 4.90 Å². The highest BCUT2D eigenvalue weighted by Crippen LogP contribution is 2.05. The minimum atomic E-state index is 0.0446. The van der Waals surface area contributed by atoms with Crippen molar-refractivity contribution in [2.24, 2.45) is 0 Å². The number of carbonyl (C=O) groups is 1. The molecule has 0 saturated heterocycles. The topological polar surface area (TPSA) is 40.5 Å². The predicted octanol–water partition coefficient (Wildman–Crippen LogP) is 6.75. The summed E-state index contributed by atoms with van der Waals surface area (Å²) < 4.78 is 0. The minimum absolute atomic E-state index is 0.0446. The molecule has 0 fully saturated rings. The zero-order valence-electron chi connectivity index (χ0n) is 19.0. The Morgan fingerprint density at radius 3 is 1.76 bits per heavy atom. The van der Waals surface area contributed by atoms with Gasteiger partial charge >= 0.3 is 0 Å². The second-order valence-corrected chi connectivity index (χ2v) is 7.44. The number of rotatable bonds is 19. The number of amides is 1. The highest BCUT2D eigenvalue weighted by atomic mass is 16.3. The maximum Gasteiger partial charge on any atom is 0.222 e. The number of hydrogen-bond donors (Lipinski definition) is 1. The van der Waals surface area contributed by atoms with Gasteiger partial charge in [-0.05, 0) is 51.4 Å². The van der Waals surface area contributed by atoms with Gasteiger partial charge in [-0.2, -0.15) is 0 Å². The van der Waals surface area contributed by atoms with E-state index >= 15 is 0 Å². The molecule has 0 aliphatic carbocycles. The molecule has 0 atom stereocenters. The van der Waals surface area contributed by atoms with Gasteiger partial charge in [0, 0.05) is 19.5 Å². The Kier molecular flexibility index (Phi) is 21.4. The number of hydrogen-bond acceptors (Lipinski definition) is 2. The van der Waals surface area contributed by atoms with Gasteiger partial charge in [-0.3, -0.25) is 4.79 Å². The SMILES string of the molecule is CCCCCC/C=C/C/C=C\C/C=C\C/C=C\CCCC(=O)N(CCC)CCO. The van der Waals surface area contributed by atoms with Crippen LogP contribution in [0.25, 0.3) is 0 Å². The van der Waals surface area contributed by atoms with E-state index in [9.17, 15) is 4.79 Å². The molecule has 0 aromatic carbocycles. The van der Waals surface area contributed by atoms with Crippen molar-refractivity contribution in [1.29, 1.82) is 0 Å². The van der Waals surface area contributed by atoms with Crippen molar-refractivity contribution in [3.8, 4) is 0 Å². The summed E-state index contributed by atoms with van der Waals surface area (Å²) in [6, 6.07) is 0. The lowest BCUT2D eigenvalue weighted by atomic mass is 10.1. The molecule has 1 amide bonds. The van der Waals surface area contributed by atoms with Crippen molar-refractivity contribution in [3.05, 3.63) is 48.6 Å². The van der Waals surface area contributed by atoms with Gasteiger partial charge in [0.05, 0.1) is 6.61 Å². The summed E-state index contributed by atoms with van der Waals surface area (Å²) in [6.07, 6.45) is 30.6. The number of allylic oxidation sites excluding steroid dienone is 8. The Bertz CT molecular complexity index is 471. The average molecular weight is 404 g/mol. The molecular formula is C26H45NO2. The van der Waals surface area contributed by atoms with Crippen LogP contribution in [0.4, 0.5) is 0 Å². The van der Waals surface area contributed by atoms with Crippen molar-refractivity contribution in [3.63, 3.8) is 0 Å². The van der Waals surface area contributed by atoms with E-state index in [-0.39, 0.29) is 12.5 Å². The lowest BCUT2D eigenvalue weighted by Gasteiger charge is -2.20. The number of nitrogens with zero attached hydrogens (tertiary/aromatic N) is 1. The molecule has 0 aromatic rings. The molecule has 0 spiro atoms. The van der Waals surface area contributed by atoms with Crippen LogP contribution in [0.3, 0.4) is 0 Å². The quantitative estimate of drug-likeness (QED) is 0.191.